The second-order valence-corrected chi connectivity index (χ2v) is 5.82. The van der Waals surface area contributed by atoms with Crippen LogP contribution in [0.2, 0.25) is 10.0 Å². The summed E-state index contributed by atoms with van der Waals surface area (Å²) in [7, 11) is 0. The smallest absolute Gasteiger partial charge is 0.0585 e. The van der Waals surface area contributed by atoms with E-state index in [1.807, 2.05) is 12.1 Å². The van der Waals surface area contributed by atoms with Crippen molar-refractivity contribution in [3.63, 3.8) is 0 Å². The molecule has 0 aliphatic heterocycles. The molecule has 0 aliphatic carbocycles. The van der Waals surface area contributed by atoms with Gasteiger partial charge in [-0.05, 0) is 41.6 Å². The van der Waals surface area contributed by atoms with Crippen molar-refractivity contribution in [1.82, 2.24) is 0 Å². The Kier molecular flexibility index (Phi) is 2.75. The van der Waals surface area contributed by atoms with E-state index in [9.17, 15) is 0 Å². The Morgan fingerprint density at radius 1 is 1.23 bits per heavy atom. The van der Waals surface area contributed by atoms with Crippen LogP contribution in [0.5, 0.6) is 0 Å². The number of hydrogen-bond acceptors (Lipinski definition) is 1. The standard InChI is InChI=1S/C9H5Cl2IS/c1-4-8(12)7-5(10)2-3-6(11)9(7)13-4/h2-3H,1H3. The fourth-order valence-electron chi connectivity index (χ4n) is 1.21. The Labute approximate surface area is 104 Å². The van der Waals surface area contributed by atoms with Crippen molar-refractivity contribution in [3.8, 4) is 0 Å². The van der Waals surface area contributed by atoms with Crippen molar-refractivity contribution in [2.24, 2.45) is 0 Å². The van der Waals surface area contributed by atoms with Crippen LogP contribution in [0, 0.1) is 10.5 Å². The summed E-state index contributed by atoms with van der Waals surface area (Å²) in [6, 6.07) is 3.69. The first-order chi connectivity index (χ1) is 6.11. The number of rotatable bonds is 0. The second-order valence-electron chi connectivity index (χ2n) is 2.71. The van der Waals surface area contributed by atoms with Gasteiger partial charge in [0, 0.05) is 13.8 Å². The minimum absolute atomic E-state index is 0.785. The molecule has 1 aromatic carbocycles. The largest absolute Gasteiger partial charge is 0.138 e. The summed E-state index contributed by atoms with van der Waals surface area (Å²) in [5.74, 6) is 0. The Hall–Kier alpha value is 0.490. The SMILES string of the molecule is Cc1sc2c(Cl)ccc(Cl)c2c1I. The minimum atomic E-state index is 0.785. The summed E-state index contributed by atoms with van der Waals surface area (Å²) >= 11 is 16.2. The van der Waals surface area contributed by atoms with E-state index in [2.05, 4.69) is 29.5 Å². The molecular formula is C9H5Cl2IS. The molecule has 0 radical (unpaired) electrons. The molecule has 2 rings (SSSR count). The van der Waals surface area contributed by atoms with Gasteiger partial charge in [-0.25, -0.2) is 0 Å². The molecule has 68 valence electrons. The average Bonchev–Trinajstić information content (AvgIpc) is 2.38. The first-order valence-electron chi connectivity index (χ1n) is 3.64. The van der Waals surface area contributed by atoms with Gasteiger partial charge in [-0.2, -0.15) is 0 Å². The van der Waals surface area contributed by atoms with E-state index in [-0.39, 0.29) is 0 Å². The van der Waals surface area contributed by atoms with Crippen LogP contribution >= 0.6 is 57.1 Å². The van der Waals surface area contributed by atoms with Gasteiger partial charge < -0.3 is 0 Å². The summed E-state index contributed by atoms with van der Waals surface area (Å²) in [6.07, 6.45) is 0. The molecule has 0 nitrogen and oxygen atoms in total. The van der Waals surface area contributed by atoms with Gasteiger partial charge in [0.05, 0.1) is 14.7 Å². The molecule has 0 unspecified atom stereocenters. The van der Waals surface area contributed by atoms with Gasteiger partial charge in [-0.15, -0.1) is 11.3 Å². The maximum Gasteiger partial charge on any atom is 0.0585 e. The molecule has 0 bridgehead atoms. The van der Waals surface area contributed by atoms with Crippen LogP contribution in [0.15, 0.2) is 12.1 Å². The Morgan fingerprint density at radius 3 is 2.46 bits per heavy atom. The summed E-state index contributed by atoms with van der Waals surface area (Å²) < 4.78 is 2.31. The van der Waals surface area contributed by atoms with E-state index in [0.717, 1.165) is 20.1 Å². The van der Waals surface area contributed by atoms with E-state index in [1.165, 1.54) is 8.45 Å². The Balaban J connectivity index is 3.00. The highest BCUT2D eigenvalue weighted by Crippen LogP contribution is 2.40. The number of hydrogen-bond donors (Lipinski definition) is 0. The second kappa shape index (κ2) is 3.57. The molecule has 1 heterocycles. The maximum atomic E-state index is 6.09. The lowest BCUT2D eigenvalue weighted by Gasteiger charge is -1.96. The molecule has 0 atom stereocenters. The van der Waals surface area contributed by atoms with Crippen LogP contribution in [0.1, 0.15) is 4.88 Å². The summed E-state index contributed by atoms with van der Waals surface area (Å²) in [6.45, 7) is 2.08. The molecule has 0 saturated carbocycles. The number of aryl methyl sites for hydroxylation is 1. The first-order valence-corrected chi connectivity index (χ1v) is 6.29. The predicted octanol–water partition coefficient (Wildman–Crippen LogP) is 5.12. The molecule has 0 amide bonds. The molecule has 0 fully saturated rings. The van der Waals surface area contributed by atoms with E-state index in [4.69, 9.17) is 23.2 Å². The zero-order valence-electron chi connectivity index (χ0n) is 6.70. The summed E-state index contributed by atoms with van der Waals surface area (Å²) in [5, 5.41) is 2.67. The van der Waals surface area contributed by atoms with Crippen molar-refractivity contribution in [3.05, 3.63) is 30.6 Å². The van der Waals surface area contributed by atoms with E-state index in [0.29, 0.717) is 0 Å². The van der Waals surface area contributed by atoms with E-state index in [1.54, 1.807) is 11.3 Å². The third-order valence-corrected chi connectivity index (χ3v) is 5.44. The van der Waals surface area contributed by atoms with E-state index < -0.39 is 0 Å². The molecule has 0 aliphatic rings. The third kappa shape index (κ3) is 1.58. The van der Waals surface area contributed by atoms with Crippen LogP contribution in [-0.2, 0) is 0 Å². The summed E-state index contributed by atoms with van der Waals surface area (Å²) in [4.78, 5) is 1.27. The van der Waals surface area contributed by atoms with Crippen molar-refractivity contribution in [1.29, 1.82) is 0 Å². The average molecular weight is 343 g/mol. The quantitative estimate of drug-likeness (QED) is 0.583. The fraction of sp³-hybridized carbons (Fsp3) is 0.111. The zero-order valence-corrected chi connectivity index (χ0v) is 11.2. The van der Waals surface area contributed by atoms with Crippen LogP contribution < -0.4 is 0 Å². The predicted molar refractivity (Wildman–Crippen MR) is 69.3 cm³/mol. The molecule has 0 saturated heterocycles. The van der Waals surface area contributed by atoms with Crippen molar-refractivity contribution < 1.29 is 0 Å². The van der Waals surface area contributed by atoms with Gasteiger partial charge in [-0.3, -0.25) is 0 Å². The van der Waals surface area contributed by atoms with Crippen LogP contribution in [0.4, 0.5) is 0 Å². The topological polar surface area (TPSA) is 0 Å². The lowest BCUT2D eigenvalue weighted by Crippen LogP contribution is -1.72. The highest BCUT2D eigenvalue weighted by Gasteiger charge is 2.11. The zero-order chi connectivity index (χ0) is 9.59. The number of benzene rings is 1. The normalized spacial score (nSPS) is 11.1. The lowest BCUT2D eigenvalue weighted by molar-refractivity contribution is 1.61. The highest BCUT2D eigenvalue weighted by molar-refractivity contribution is 14.1. The van der Waals surface area contributed by atoms with Crippen molar-refractivity contribution in [2.75, 3.05) is 0 Å². The van der Waals surface area contributed by atoms with Crippen molar-refractivity contribution in [2.45, 2.75) is 6.92 Å². The highest BCUT2D eigenvalue weighted by atomic mass is 127. The minimum Gasteiger partial charge on any atom is -0.138 e. The van der Waals surface area contributed by atoms with Gasteiger partial charge >= 0.3 is 0 Å². The lowest BCUT2D eigenvalue weighted by atomic mass is 10.2. The number of halogens is 3. The van der Waals surface area contributed by atoms with Crippen LogP contribution in [0.25, 0.3) is 10.1 Å². The maximum absolute atomic E-state index is 6.09. The Bertz CT molecular complexity index is 476. The molecule has 13 heavy (non-hydrogen) atoms. The molecule has 0 N–H and O–H groups in total. The van der Waals surface area contributed by atoms with Gasteiger partial charge in [-0.1, -0.05) is 23.2 Å². The van der Waals surface area contributed by atoms with E-state index >= 15 is 0 Å². The van der Waals surface area contributed by atoms with Crippen LogP contribution in [0.3, 0.4) is 0 Å². The van der Waals surface area contributed by atoms with Gasteiger partial charge in [0.25, 0.3) is 0 Å². The van der Waals surface area contributed by atoms with Gasteiger partial charge in [0.1, 0.15) is 0 Å². The van der Waals surface area contributed by atoms with Crippen LogP contribution in [-0.4, -0.2) is 0 Å². The van der Waals surface area contributed by atoms with Gasteiger partial charge in [0.2, 0.25) is 0 Å². The number of thiophene rings is 1. The first kappa shape index (κ1) is 10.0. The molecule has 0 spiro atoms. The summed E-state index contributed by atoms with van der Waals surface area (Å²) in [5.41, 5.74) is 0. The molecule has 2 aromatic rings. The van der Waals surface area contributed by atoms with Gasteiger partial charge in [0.15, 0.2) is 0 Å². The molecule has 4 heteroatoms. The third-order valence-electron chi connectivity index (χ3n) is 1.84. The fourth-order valence-corrected chi connectivity index (χ4v) is 4.00. The Morgan fingerprint density at radius 2 is 1.85 bits per heavy atom. The number of fused-ring (bicyclic) bond motifs is 1. The molecular weight excluding hydrogens is 338 g/mol. The monoisotopic (exact) mass is 342 g/mol. The molecule has 1 aromatic heterocycles. The van der Waals surface area contributed by atoms with Crippen molar-refractivity contribution >= 4 is 67.2 Å².